The van der Waals surface area contributed by atoms with Crippen molar-refractivity contribution in [2.75, 3.05) is 0 Å². The SMILES string of the molecule is C=C(C(=O)OC(C)(O)O)C(O)(O)C1C(=O)CCC1=O. The Morgan fingerprint density at radius 1 is 1.21 bits per heavy atom. The molecule has 1 rings (SSSR count). The predicted octanol–water partition coefficient (Wildman–Crippen LogP) is -2.03. The van der Waals surface area contributed by atoms with Gasteiger partial charge in [-0.05, 0) is 0 Å². The number of aliphatic hydroxyl groups is 4. The molecule has 8 heteroatoms. The zero-order valence-electron chi connectivity index (χ0n) is 10.1. The number of carbonyl (C=O) groups is 3. The Morgan fingerprint density at radius 2 is 1.63 bits per heavy atom. The number of rotatable bonds is 4. The van der Waals surface area contributed by atoms with E-state index in [0.29, 0.717) is 6.92 Å². The van der Waals surface area contributed by atoms with E-state index in [1.807, 2.05) is 0 Å². The Hall–Kier alpha value is -1.61. The Morgan fingerprint density at radius 3 is 2.00 bits per heavy atom. The fourth-order valence-electron chi connectivity index (χ4n) is 1.73. The van der Waals surface area contributed by atoms with Crippen molar-refractivity contribution in [3.05, 3.63) is 12.2 Å². The minimum Gasteiger partial charge on any atom is -0.405 e. The Bertz CT molecular complexity index is 426. The maximum Gasteiger partial charge on any atom is 0.343 e. The monoisotopic (exact) mass is 274 g/mol. The van der Waals surface area contributed by atoms with Crippen LogP contribution in [-0.2, 0) is 19.1 Å². The van der Waals surface area contributed by atoms with E-state index in [2.05, 4.69) is 11.3 Å². The molecule has 0 saturated heterocycles. The normalized spacial score (nSPS) is 17.7. The van der Waals surface area contributed by atoms with Crippen LogP contribution >= 0.6 is 0 Å². The van der Waals surface area contributed by atoms with E-state index >= 15 is 0 Å². The second kappa shape index (κ2) is 4.82. The first-order chi connectivity index (χ1) is 8.47. The molecular weight excluding hydrogens is 260 g/mol. The van der Waals surface area contributed by atoms with Crippen LogP contribution in [0.1, 0.15) is 19.8 Å². The molecule has 0 atom stereocenters. The molecule has 106 valence electrons. The largest absolute Gasteiger partial charge is 0.405 e. The minimum absolute atomic E-state index is 0.160. The van der Waals surface area contributed by atoms with E-state index < -0.39 is 40.8 Å². The van der Waals surface area contributed by atoms with Crippen molar-refractivity contribution in [1.29, 1.82) is 0 Å². The van der Waals surface area contributed by atoms with E-state index in [4.69, 9.17) is 10.2 Å². The zero-order chi connectivity index (χ0) is 15.0. The molecule has 1 fully saturated rings. The third-order valence-corrected chi connectivity index (χ3v) is 2.64. The van der Waals surface area contributed by atoms with Crippen LogP contribution in [0.25, 0.3) is 0 Å². The second-order valence-corrected chi connectivity index (χ2v) is 4.39. The first-order valence-corrected chi connectivity index (χ1v) is 5.34. The standard InChI is InChI=1S/C11H14O8/c1-5(9(14)19-10(2,15)16)11(17,18)8-6(12)3-4-7(8)13/h8,15-18H,1,3-4H2,2H3. The van der Waals surface area contributed by atoms with Gasteiger partial charge in [-0.1, -0.05) is 6.58 Å². The third-order valence-electron chi connectivity index (χ3n) is 2.64. The van der Waals surface area contributed by atoms with Gasteiger partial charge in [0, 0.05) is 19.8 Å². The molecule has 19 heavy (non-hydrogen) atoms. The van der Waals surface area contributed by atoms with Crippen molar-refractivity contribution in [1.82, 2.24) is 0 Å². The van der Waals surface area contributed by atoms with Crippen LogP contribution in [0.4, 0.5) is 0 Å². The van der Waals surface area contributed by atoms with Gasteiger partial charge in [0.05, 0.1) is 5.57 Å². The van der Waals surface area contributed by atoms with Gasteiger partial charge < -0.3 is 25.2 Å². The van der Waals surface area contributed by atoms with Crippen molar-refractivity contribution in [2.45, 2.75) is 31.5 Å². The fraction of sp³-hybridized carbons (Fsp3) is 0.545. The van der Waals surface area contributed by atoms with Crippen molar-refractivity contribution < 1.29 is 39.5 Å². The molecule has 0 amide bonds. The number of Topliss-reactive ketones (excluding diaryl/α,β-unsaturated/α-hetero) is 2. The van der Waals surface area contributed by atoms with Gasteiger partial charge in [-0.3, -0.25) is 9.59 Å². The van der Waals surface area contributed by atoms with Crippen LogP contribution in [0.5, 0.6) is 0 Å². The number of ether oxygens (including phenoxy) is 1. The highest BCUT2D eigenvalue weighted by Gasteiger charge is 2.52. The number of ketones is 2. The number of esters is 1. The lowest BCUT2D eigenvalue weighted by molar-refractivity contribution is -0.306. The van der Waals surface area contributed by atoms with Crippen molar-refractivity contribution in [3.8, 4) is 0 Å². The van der Waals surface area contributed by atoms with Crippen LogP contribution < -0.4 is 0 Å². The third kappa shape index (κ3) is 3.24. The van der Waals surface area contributed by atoms with E-state index in [0.717, 1.165) is 0 Å². The Balaban J connectivity index is 2.94. The molecule has 1 saturated carbocycles. The molecule has 0 bridgehead atoms. The summed E-state index contributed by atoms with van der Waals surface area (Å²) in [6.07, 6.45) is -0.321. The summed E-state index contributed by atoms with van der Waals surface area (Å²) >= 11 is 0. The molecule has 0 aromatic heterocycles. The minimum atomic E-state index is -3.12. The molecule has 4 N–H and O–H groups in total. The summed E-state index contributed by atoms with van der Waals surface area (Å²) in [5.74, 6) is -10.8. The molecule has 1 aliphatic rings. The van der Waals surface area contributed by atoms with Gasteiger partial charge in [0.1, 0.15) is 17.5 Å². The second-order valence-electron chi connectivity index (χ2n) is 4.39. The molecule has 0 aromatic carbocycles. The van der Waals surface area contributed by atoms with Crippen LogP contribution in [0.3, 0.4) is 0 Å². The average Bonchev–Trinajstić information content (AvgIpc) is 2.55. The van der Waals surface area contributed by atoms with E-state index in [1.54, 1.807) is 0 Å². The topological polar surface area (TPSA) is 141 Å². The number of carbonyl (C=O) groups excluding carboxylic acids is 3. The maximum atomic E-state index is 11.4. The van der Waals surface area contributed by atoms with Crippen LogP contribution in [-0.4, -0.2) is 49.7 Å². The maximum absolute atomic E-state index is 11.4. The van der Waals surface area contributed by atoms with Crippen molar-refractivity contribution in [2.24, 2.45) is 5.92 Å². The van der Waals surface area contributed by atoms with E-state index in [-0.39, 0.29) is 12.8 Å². The van der Waals surface area contributed by atoms with Crippen molar-refractivity contribution in [3.63, 3.8) is 0 Å². The molecule has 1 aliphatic carbocycles. The van der Waals surface area contributed by atoms with Gasteiger partial charge in [-0.25, -0.2) is 4.79 Å². The lowest BCUT2D eigenvalue weighted by Gasteiger charge is -2.28. The highest BCUT2D eigenvalue weighted by Crippen LogP contribution is 2.32. The van der Waals surface area contributed by atoms with Crippen LogP contribution in [0, 0.1) is 5.92 Å². The van der Waals surface area contributed by atoms with E-state index in [1.165, 1.54) is 0 Å². The molecule has 8 nitrogen and oxygen atoms in total. The molecule has 0 radical (unpaired) electrons. The van der Waals surface area contributed by atoms with Gasteiger partial charge in [0.2, 0.25) is 5.79 Å². The Kier molecular flexibility index (Phi) is 3.92. The Labute approximate surface area is 107 Å². The predicted molar refractivity (Wildman–Crippen MR) is 58.0 cm³/mol. The van der Waals surface area contributed by atoms with Crippen LogP contribution in [0.2, 0.25) is 0 Å². The summed E-state index contributed by atoms with van der Waals surface area (Å²) in [5, 5.41) is 37.2. The van der Waals surface area contributed by atoms with Gasteiger partial charge >= 0.3 is 11.9 Å². The fourth-order valence-corrected chi connectivity index (χ4v) is 1.73. The average molecular weight is 274 g/mol. The zero-order valence-corrected chi connectivity index (χ0v) is 10.1. The summed E-state index contributed by atoms with van der Waals surface area (Å²) in [7, 11) is 0. The van der Waals surface area contributed by atoms with Gasteiger partial charge in [0.15, 0.2) is 0 Å². The summed E-state index contributed by atoms with van der Waals surface area (Å²) in [6.45, 7) is 3.73. The summed E-state index contributed by atoms with van der Waals surface area (Å²) in [4.78, 5) is 34.2. The molecule has 0 heterocycles. The summed E-state index contributed by atoms with van der Waals surface area (Å²) < 4.78 is 4.05. The van der Waals surface area contributed by atoms with Gasteiger partial charge in [-0.2, -0.15) is 0 Å². The highest BCUT2D eigenvalue weighted by atomic mass is 16.8. The quantitative estimate of drug-likeness (QED) is 0.199. The first-order valence-electron chi connectivity index (χ1n) is 5.34. The highest BCUT2D eigenvalue weighted by molar-refractivity contribution is 6.11. The lowest BCUT2D eigenvalue weighted by atomic mass is 9.89. The van der Waals surface area contributed by atoms with E-state index in [9.17, 15) is 24.6 Å². The smallest absolute Gasteiger partial charge is 0.343 e. The molecular formula is C11H14O8. The summed E-state index contributed by atoms with van der Waals surface area (Å²) in [6, 6.07) is 0. The lowest BCUT2D eigenvalue weighted by Crippen LogP contribution is -2.48. The molecule has 0 unspecified atom stereocenters. The number of hydrogen-bond acceptors (Lipinski definition) is 8. The summed E-state index contributed by atoms with van der Waals surface area (Å²) in [5.41, 5.74) is -1.03. The molecule has 0 spiro atoms. The van der Waals surface area contributed by atoms with Gasteiger partial charge in [-0.15, -0.1) is 0 Å². The van der Waals surface area contributed by atoms with Gasteiger partial charge in [0.25, 0.3) is 0 Å². The van der Waals surface area contributed by atoms with Crippen LogP contribution in [0.15, 0.2) is 12.2 Å². The number of hydrogen-bond donors (Lipinski definition) is 4. The van der Waals surface area contributed by atoms with Crippen molar-refractivity contribution >= 4 is 17.5 Å². The molecule has 0 aromatic rings. The first kappa shape index (κ1) is 15.4. The molecule has 0 aliphatic heterocycles.